The van der Waals surface area contributed by atoms with Crippen molar-refractivity contribution in [3.63, 3.8) is 0 Å². The van der Waals surface area contributed by atoms with Gasteiger partial charge in [-0.3, -0.25) is 14.3 Å². The molecule has 0 unspecified atom stereocenters. The topological polar surface area (TPSA) is 76.0 Å². The summed E-state index contributed by atoms with van der Waals surface area (Å²) in [6, 6.07) is 19.3. The minimum atomic E-state index is -0.262. The molecule has 0 spiro atoms. The van der Waals surface area contributed by atoms with Crippen molar-refractivity contribution in [2.75, 3.05) is 13.1 Å². The molecule has 0 saturated carbocycles. The number of hydrogen-bond acceptors (Lipinski definition) is 3. The van der Waals surface area contributed by atoms with Crippen molar-refractivity contribution in [1.82, 2.24) is 20.4 Å². The van der Waals surface area contributed by atoms with Crippen LogP contribution in [-0.4, -0.2) is 34.7 Å². The van der Waals surface area contributed by atoms with Crippen LogP contribution in [0.5, 0.6) is 0 Å². The summed E-state index contributed by atoms with van der Waals surface area (Å²) in [5.41, 5.74) is 4.77. The molecular formula is C23H26N4O2. The zero-order chi connectivity index (χ0) is 20.6. The van der Waals surface area contributed by atoms with Crippen molar-refractivity contribution < 1.29 is 9.59 Å². The number of amides is 2. The van der Waals surface area contributed by atoms with Crippen LogP contribution in [0.4, 0.5) is 0 Å². The van der Waals surface area contributed by atoms with E-state index in [1.54, 1.807) is 12.1 Å². The van der Waals surface area contributed by atoms with Crippen LogP contribution >= 0.6 is 0 Å². The highest BCUT2D eigenvalue weighted by atomic mass is 16.2. The molecule has 0 aliphatic heterocycles. The largest absolute Gasteiger partial charge is 0.355 e. The van der Waals surface area contributed by atoms with Crippen LogP contribution < -0.4 is 10.6 Å². The fourth-order valence-corrected chi connectivity index (χ4v) is 3.13. The fraction of sp³-hybridized carbons (Fsp3) is 0.261. The predicted molar refractivity (Wildman–Crippen MR) is 114 cm³/mol. The second-order valence-electron chi connectivity index (χ2n) is 6.98. The van der Waals surface area contributed by atoms with Gasteiger partial charge < -0.3 is 10.6 Å². The Morgan fingerprint density at radius 1 is 0.931 bits per heavy atom. The van der Waals surface area contributed by atoms with Gasteiger partial charge in [0.25, 0.3) is 5.91 Å². The van der Waals surface area contributed by atoms with Gasteiger partial charge in [0.2, 0.25) is 5.91 Å². The van der Waals surface area contributed by atoms with Crippen molar-refractivity contribution in [3.8, 4) is 11.1 Å². The third kappa shape index (κ3) is 5.78. The first-order chi connectivity index (χ1) is 14.0. The SMILES string of the molecule is Cc1cc(C)n(CCCNC(=O)CNC(=O)c2ccc(-c3ccccc3)cc2)n1. The third-order valence-electron chi connectivity index (χ3n) is 4.64. The minimum absolute atomic E-state index is 0.0425. The fourth-order valence-electron chi connectivity index (χ4n) is 3.13. The third-order valence-corrected chi connectivity index (χ3v) is 4.64. The van der Waals surface area contributed by atoms with E-state index in [-0.39, 0.29) is 18.4 Å². The molecule has 2 amide bonds. The van der Waals surface area contributed by atoms with Crippen molar-refractivity contribution >= 4 is 11.8 Å². The lowest BCUT2D eigenvalue weighted by molar-refractivity contribution is -0.120. The maximum atomic E-state index is 12.2. The molecule has 0 bridgehead atoms. The number of carbonyl (C=O) groups excluding carboxylic acids is 2. The number of carbonyl (C=O) groups is 2. The highest BCUT2D eigenvalue weighted by Crippen LogP contribution is 2.19. The van der Waals surface area contributed by atoms with E-state index in [4.69, 9.17) is 0 Å². The van der Waals surface area contributed by atoms with Gasteiger partial charge >= 0.3 is 0 Å². The van der Waals surface area contributed by atoms with Gasteiger partial charge in [0.05, 0.1) is 12.2 Å². The number of nitrogens with zero attached hydrogens (tertiary/aromatic N) is 2. The van der Waals surface area contributed by atoms with E-state index in [1.165, 1.54) is 0 Å². The van der Waals surface area contributed by atoms with Crippen LogP contribution in [0.25, 0.3) is 11.1 Å². The average molecular weight is 390 g/mol. The minimum Gasteiger partial charge on any atom is -0.355 e. The summed E-state index contributed by atoms with van der Waals surface area (Å²) in [6.07, 6.45) is 0.780. The van der Waals surface area contributed by atoms with E-state index in [0.717, 1.165) is 35.5 Å². The monoisotopic (exact) mass is 390 g/mol. The van der Waals surface area contributed by atoms with Gasteiger partial charge in [0.1, 0.15) is 0 Å². The molecule has 2 N–H and O–H groups in total. The van der Waals surface area contributed by atoms with E-state index in [1.807, 2.05) is 67.1 Å². The Labute approximate surface area is 170 Å². The van der Waals surface area contributed by atoms with Crippen molar-refractivity contribution in [3.05, 3.63) is 77.6 Å². The maximum Gasteiger partial charge on any atom is 0.251 e. The first kappa shape index (κ1) is 20.3. The zero-order valence-electron chi connectivity index (χ0n) is 16.8. The number of aromatic nitrogens is 2. The second-order valence-corrected chi connectivity index (χ2v) is 6.98. The lowest BCUT2D eigenvalue weighted by Crippen LogP contribution is -2.37. The number of rotatable bonds is 8. The van der Waals surface area contributed by atoms with E-state index in [0.29, 0.717) is 12.1 Å². The summed E-state index contributed by atoms with van der Waals surface area (Å²) in [6.45, 7) is 5.22. The Morgan fingerprint density at radius 2 is 1.62 bits per heavy atom. The Hall–Kier alpha value is -3.41. The van der Waals surface area contributed by atoms with Crippen LogP contribution in [0.15, 0.2) is 60.7 Å². The molecule has 2 aromatic carbocycles. The zero-order valence-corrected chi connectivity index (χ0v) is 16.8. The number of benzene rings is 2. The smallest absolute Gasteiger partial charge is 0.251 e. The van der Waals surface area contributed by atoms with E-state index < -0.39 is 0 Å². The van der Waals surface area contributed by atoms with Crippen LogP contribution in [-0.2, 0) is 11.3 Å². The number of nitrogens with one attached hydrogen (secondary N) is 2. The number of hydrogen-bond donors (Lipinski definition) is 2. The highest BCUT2D eigenvalue weighted by Gasteiger charge is 2.08. The van der Waals surface area contributed by atoms with Crippen LogP contribution in [0.2, 0.25) is 0 Å². The molecule has 3 rings (SSSR count). The molecule has 0 fully saturated rings. The lowest BCUT2D eigenvalue weighted by atomic mass is 10.0. The van der Waals surface area contributed by atoms with Gasteiger partial charge in [0, 0.05) is 24.3 Å². The van der Waals surface area contributed by atoms with Crippen molar-refractivity contribution in [2.24, 2.45) is 0 Å². The Kier molecular flexibility index (Phi) is 6.79. The molecule has 3 aromatic rings. The molecule has 1 aromatic heterocycles. The molecule has 0 aliphatic rings. The Morgan fingerprint density at radius 3 is 2.28 bits per heavy atom. The predicted octanol–water partition coefficient (Wildman–Crippen LogP) is 3.10. The maximum absolute atomic E-state index is 12.2. The second kappa shape index (κ2) is 9.68. The standard InChI is InChI=1S/C23H26N4O2/c1-17-15-18(2)27(26-17)14-6-13-24-22(28)16-25-23(29)21-11-9-20(10-12-21)19-7-4-3-5-8-19/h3-5,7-12,15H,6,13-14,16H2,1-2H3,(H,24,28)(H,25,29). The van der Waals surface area contributed by atoms with Gasteiger partial charge in [0.15, 0.2) is 0 Å². The van der Waals surface area contributed by atoms with Crippen molar-refractivity contribution in [2.45, 2.75) is 26.8 Å². The lowest BCUT2D eigenvalue weighted by Gasteiger charge is -2.08. The normalized spacial score (nSPS) is 10.6. The molecule has 0 saturated heterocycles. The molecule has 6 heteroatoms. The summed E-state index contributed by atoms with van der Waals surface area (Å²) in [5.74, 6) is -0.463. The molecule has 1 heterocycles. The first-order valence-electron chi connectivity index (χ1n) is 9.74. The van der Waals surface area contributed by atoms with E-state index in [9.17, 15) is 9.59 Å². The van der Waals surface area contributed by atoms with Crippen LogP contribution in [0.1, 0.15) is 28.2 Å². The van der Waals surface area contributed by atoms with Gasteiger partial charge in [-0.25, -0.2) is 0 Å². The summed E-state index contributed by atoms with van der Waals surface area (Å²) < 4.78 is 1.93. The van der Waals surface area contributed by atoms with E-state index >= 15 is 0 Å². The molecule has 29 heavy (non-hydrogen) atoms. The number of aryl methyl sites for hydroxylation is 3. The van der Waals surface area contributed by atoms with Gasteiger partial charge in [-0.15, -0.1) is 0 Å². The van der Waals surface area contributed by atoms with Crippen LogP contribution in [0, 0.1) is 13.8 Å². The average Bonchev–Trinajstić information content (AvgIpc) is 3.07. The molecule has 0 radical (unpaired) electrons. The first-order valence-corrected chi connectivity index (χ1v) is 9.74. The van der Waals surface area contributed by atoms with Crippen molar-refractivity contribution in [1.29, 1.82) is 0 Å². The molecule has 0 aliphatic carbocycles. The highest BCUT2D eigenvalue weighted by molar-refractivity contribution is 5.96. The summed E-state index contributed by atoms with van der Waals surface area (Å²) >= 11 is 0. The Balaban J connectivity index is 1.39. The molecule has 150 valence electrons. The van der Waals surface area contributed by atoms with Gasteiger partial charge in [-0.1, -0.05) is 42.5 Å². The van der Waals surface area contributed by atoms with Gasteiger partial charge in [-0.2, -0.15) is 5.10 Å². The molecule has 0 atom stereocenters. The summed E-state index contributed by atoms with van der Waals surface area (Å²) in [4.78, 5) is 24.2. The molecule has 6 nitrogen and oxygen atoms in total. The van der Waals surface area contributed by atoms with E-state index in [2.05, 4.69) is 15.7 Å². The Bertz CT molecular complexity index is 962. The molecular weight excluding hydrogens is 364 g/mol. The van der Waals surface area contributed by atoms with Crippen LogP contribution in [0.3, 0.4) is 0 Å². The summed E-state index contributed by atoms with van der Waals surface area (Å²) in [7, 11) is 0. The summed E-state index contributed by atoms with van der Waals surface area (Å²) in [5, 5.41) is 9.87. The quantitative estimate of drug-likeness (QED) is 0.580. The van der Waals surface area contributed by atoms with Gasteiger partial charge in [-0.05, 0) is 49.6 Å².